The molecule has 0 aliphatic carbocycles. The maximum atomic E-state index is 15.1. The SMILES string of the molecule is Fc1ccccc1[C@H]1C2=C(Nc3ncnn31)c1ccccc1O[C@H]2c1cccc(Br)c1. The van der Waals surface area contributed by atoms with Crippen LogP contribution in [0.25, 0.3) is 5.70 Å². The predicted octanol–water partition coefficient (Wildman–Crippen LogP) is 5.74. The van der Waals surface area contributed by atoms with Gasteiger partial charge in [0.05, 0.1) is 5.70 Å². The molecule has 0 bridgehead atoms. The third-order valence-electron chi connectivity index (χ3n) is 5.67. The number of anilines is 1. The first kappa shape index (κ1) is 18.3. The van der Waals surface area contributed by atoms with Gasteiger partial charge < -0.3 is 10.1 Å². The molecule has 152 valence electrons. The highest BCUT2D eigenvalue weighted by atomic mass is 79.9. The summed E-state index contributed by atoms with van der Waals surface area (Å²) < 4.78 is 24.3. The van der Waals surface area contributed by atoms with E-state index in [9.17, 15) is 0 Å². The van der Waals surface area contributed by atoms with Gasteiger partial charge in [0.15, 0.2) is 0 Å². The number of aromatic nitrogens is 3. The van der Waals surface area contributed by atoms with Crippen LogP contribution in [0.15, 0.2) is 89.2 Å². The van der Waals surface area contributed by atoms with E-state index < -0.39 is 12.1 Å². The Bertz CT molecular complexity index is 1350. The second-order valence-corrected chi connectivity index (χ2v) is 8.37. The van der Waals surface area contributed by atoms with Crippen molar-refractivity contribution in [3.05, 3.63) is 112 Å². The summed E-state index contributed by atoms with van der Waals surface area (Å²) in [7, 11) is 0. The fourth-order valence-corrected chi connectivity index (χ4v) is 4.77. The highest BCUT2D eigenvalue weighted by Crippen LogP contribution is 2.50. The average Bonchev–Trinajstić information content (AvgIpc) is 3.26. The van der Waals surface area contributed by atoms with Crippen LogP contribution in [-0.4, -0.2) is 14.8 Å². The summed E-state index contributed by atoms with van der Waals surface area (Å²) in [6, 6.07) is 22.1. The molecule has 5 nitrogen and oxygen atoms in total. The maximum Gasteiger partial charge on any atom is 0.226 e. The number of hydrogen-bond acceptors (Lipinski definition) is 4. The minimum atomic E-state index is -0.507. The van der Waals surface area contributed by atoms with Gasteiger partial charge in [0, 0.05) is 21.2 Å². The summed E-state index contributed by atoms with van der Waals surface area (Å²) in [6.07, 6.45) is 1.05. The summed E-state index contributed by atoms with van der Waals surface area (Å²) >= 11 is 3.56. The molecule has 31 heavy (non-hydrogen) atoms. The fraction of sp³-hybridized carbons (Fsp3) is 0.0833. The zero-order valence-electron chi connectivity index (χ0n) is 16.2. The van der Waals surface area contributed by atoms with Gasteiger partial charge in [-0.3, -0.25) is 0 Å². The molecule has 3 heterocycles. The van der Waals surface area contributed by atoms with Crippen LogP contribution in [0.5, 0.6) is 5.75 Å². The topological polar surface area (TPSA) is 52.0 Å². The Kier molecular flexibility index (Phi) is 4.17. The van der Waals surface area contributed by atoms with Crippen molar-refractivity contribution < 1.29 is 9.13 Å². The number of nitrogens with zero attached hydrogens (tertiary/aromatic N) is 3. The molecule has 0 saturated carbocycles. The van der Waals surface area contributed by atoms with Gasteiger partial charge in [0.2, 0.25) is 5.95 Å². The number of benzene rings is 3. The maximum absolute atomic E-state index is 15.1. The van der Waals surface area contributed by atoms with Crippen LogP contribution in [-0.2, 0) is 0 Å². The Labute approximate surface area is 186 Å². The summed E-state index contributed by atoms with van der Waals surface area (Å²) in [5.41, 5.74) is 4.16. The number of para-hydroxylation sites is 1. The molecule has 0 unspecified atom stereocenters. The van der Waals surface area contributed by atoms with Gasteiger partial charge in [-0.05, 0) is 35.9 Å². The lowest BCUT2D eigenvalue weighted by Crippen LogP contribution is -2.32. The van der Waals surface area contributed by atoms with E-state index in [1.54, 1.807) is 16.8 Å². The van der Waals surface area contributed by atoms with Crippen molar-refractivity contribution in [2.75, 3.05) is 5.32 Å². The van der Waals surface area contributed by atoms with Crippen LogP contribution >= 0.6 is 15.9 Å². The molecule has 0 radical (unpaired) electrons. The van der Waals surface area contributed by atoms with Crippen molar-refractivity contribution in [1.82, 2.24) is 14.8 Å². The van der Waals surface area contributed by atoms with Crippen molar-refractivity contribution >= 4 is 27.6 Å². The molecule has 0 fully saturated rings. The van der Waals surface area contributed by atoms with E-state index in [2.05, 4.69) is 31.3 Å². The van der Waals surface area contributed by atoms with Gasteiger partial charge in [-0.2, -0.15) is 10.1 Å². The molecule has 6 rings (SSSR count). The van der Waals surface area contributed by atoms with Crippen molar-refractivity contribution in [3.63, 3.8) is 0 Å². The monoisotopic (exact) mass is 474 g/mol. The van der Waals surface area contributed by atoms with Crippen LogP contribution in [0.3, 0.4) is 0 Å². The average molecular weight is 475 g/mol. The van der Waals surface area contributed by atoms with Crippen LogP contribution in [0.2, 0.25) is 0 Å². The Balaban J connectivity index is 1.66. The molecule has 0 saturated heterocycles. The zero-order chi connectivity index (χ0) is 20.9. The van der Waals surface area contributed by atoms with E-state index >= 15 is 4.39 Å². The number of rotatable bonds is 2. The van der Waals surface area contributed by atoms with Crippen LogP contribution in [0.1, 0.15) is 28.8 Å². The predicted molar refractivity (Wildman–Crippen MR) is 119 cm³/mol. The number of fused-ring (bicyclic) bond motifs is 3. The highest BCUT2D eigenvalue weighted by molar-refractivity contribution is 9.10. The number of hydrogen-bond donors (Lipinski definition) is 1. The van der Waals surface area contributed by atoms with Gasteiger partial charge in [0.25, 0.3) is 0 Å². The second-order valence-electron chi connectivity index (χ2n) is 7.46. The first-order valence-corrected chi connectivity index (χ1v) is 10.7. The lowest BCUT2D eigenvalue weighted by atomic mass is 9.84. The molecule has 3 aromatic carbocycles. The van der Waals surface area contributed by atoms with Gasteiger partial charge in [-0.25, -0.2) is 9.07 Å². The normalized spacial score (nSPS) is 19.0. The van der Waals surface area contributed by atoms with Crippen molar-refractivity contribution in [2.24, 2.45) is 0 Å². The lowest BCUT2D eigenvalue weighted by molar-refractivity contribution is 0.222. The van der Waals surface area contributed by atoms with Crippen molar-refractivity contribution in [3.8, 4) is 5.75 Å². The number of halogens is 2. The summed E-state index contributed by atoms with van der Waals surface area (Å²) in [5.74, 6) is 1.03. The van der Waals surface area contributed by atoms with Crippen LogP contribution in [0.4, 0.5) is 10.3 Å². The number of ether oxygens (including phenoxy) is 1. The quantitative estimate of drug-likeness (QED) is 0.402. The minimum Gasteiger partial charge on any atom is -0.480 e. The molecule has 0 amide bonds. The Morgan fingerprint density at radius 2 is 1.84 bits per heavy atom. The molecule has 2 atom stereocenters. The fourth-order valence-electron chi connectivity index (χ4n) is 4.36. The lowest BCUT2D eigenvalue weighted by Gasteiger charge is -2.39. The Hall–Kier alpha value is -3.45. The first-order chi connectivity index (χ1) is 15.2. The first-order valence-electron chi connectivity index (χ1n) is 9.87. The van der Waals surface area contributed by atoms with Gasteiger partial charge in [-0.1, -0.05) is 58.4 Å². The Morgan fingerprint density at radius 3 is 2.71 bits per heavy atom. The van der Waals surface area contributed by atoms with E-state index in [0.717, 1.165) is 32.6 Å². The Morgan fingerprint density at radius 1 is 1.00 bits per heavy atom. The van der Waals surface area contributed by atoms with E-state index in [1.165, 1.54) is 12.4 Å². The number of nitrogens with one attached hydrogen (secondary N) is 1. The molecule has 1 N–H and O–H groups in total. The van der Waals surface area contributed by atoms with Crippen LogP contribution < -0.4 is 10.1 Å². The molecule has 7 heteroatoms. The van der Waals surface area contributed by atoms with E-state index in [4.69, 9.17) is 4.74 Å². The molecular formula is C24H16BrFN4O. The summed E-state index contributed by atoms with van der Waals surface area (Å²) in [5, 5.41) is 7.85. The largest absolute Gasteiger partial charge is 0.480 e. The molecule has 1 aromatic heterocycles. The molecule has 2 aliphatic heterocycles. The summed E-state index contributed by atoms with van der Waals surface area (Å²) in [4.78, 5) is 4.37. The van der Waals surface area contributed by atoms with Crippen molar-refractivity contribution in [1.29, 1.82) is 0 Å². The second kappa shape index (κ2) is 7.06. The smallest absolute Gasteiger partial charge is 0.226 e. The summed E-state index contributed by atoms with van der Waals surface area (Å²) in [6.45, 7) is 0. The molecular weight excluding hydrogens is 459 g/mol. The van der Waals surface area contributed by atoms with Gasteiger partial charge in [0.1, 0.15) is 30.0 Å². The third-order valence-corrected chi connectivity index (χ3v) is 6.17. The minimum absolute atomic E-state index is 0.297. The van der Waals surface area contributed by atoms with E-state index in [-0.39, 0.29) is 5.82 Å². The zero-order valence-corrected chi connectivity index (χ0v) is 17.8. The van der Waals surface area contributed by atoms with Gasteiger partial charge >= 0.3 is 0 Å². The van der Waals surface area contributed by atoms with Crippen LogP contribution in [0, 0.1) is 5.82 Å². The van der Waals surface area contributed by atoms with Gasteiger partial charge in [-0.15, -0.1) is 0 Å². The molecule has 0 spiro atoms. The third kappa shape index (κ3) is 2.88. The van der Waals surface area contributed by atoms with Crippen molar-refractivity contribution in [2.45, 2.75) is 12.1 Å². The molecule has 4 aromatic rings. The standard InChI is InChI=1S/C24H16BrFN4O/c25-15-7-5-6-14(12-15)23-20-21(17-9-2-4-11-19(17)31-23)29-24-27-13-28-30(24)22(20)16-8-1-3-10-18(16)26/h1-13,22-23H,(H,27,28,29)/t22-,23-/m0/s1. The van der Waals surface area contributed by atoms with E-state index in [1.807, 2.05) is 54.6 Å². The van der Waals surface area contributed by atoms with E-state index in [0.29, 0.717) is 11.5 Å². The molecule has 2 aliphatic rings. The highest BCUT2D eigenvalue weighted by Gasteiger charge is 2.41.